The number of nitrogens with zero attached hydrogens (tertiary/aromatic N) is 1. The Morgan fingerprint density at radius 2 is 1.81 bits per heavy atom. The molecule has 1 aromatic carbocycles. The number of alkyl halides is 3. The van der Waals surface area contributed by atoms with Crippen LogP contribution >= 0.6 is 0 Å². The summed E-state index contributed by atoms with van der Waals surface area (Å²) in [6.45, 7) is 0. The molecule has 0 aliphatic heterocycles. The zero-order valence-electron chi connectivity index (χ0n) is 10.9. The molecule has 0 aliphatic rings. The van der Waals surface area contributed by atoms with Crippen LogP contribution in [0.25, 0.3) is 0 Å². The van der Waals surface area contributed by atoms with Gasteiger partial charge < -0.3 is 0 Å². The number of rotatable bonds is 4. The van der Waals surface area contributed by atoms with E-state index >= 15 is 0 Å². The van der Waals surface area contributed by atoms with Crippen molar-refractivity contribution in [1.82, 2.24) is 10.4 Å². The van der Waals surface area contributed by atoms with E-state index in [2.05, 4.69) is 10.4 Å². The number of nitrogens with two attached hydrogens (primary N) is 1. The number of pyridine rings is 1. The van der Waals surface area contributed by atoms with Gasteiger partial charge in [-0.3, -0.25) is 16.3 Å². The van der Waals surface area contributed by atoms with Gasteiger partial charge in [-0.25, -0.2) is 4.39 Å². The minimum Gasteiger partial charge on any atom is -0.271 e. The Hall–Kier alpha value is -1.99. The second-order valence-corrected chi connectivity index (χ2v) is 4.51. The summed E-state index contributed by atoms with van der Waals surface area (Å²) in [6, 6.07) is 4.90. The molecule has 0 bridgehead atoms. The molecule has 3 nitrogen and oxygen atoms in total. The van der Waals surface area contributed by atoms with Crippen LogP contribution in [0.4, 0.5) is 17.6 Å². The molecule has 1 heterocycles. The molecular formula is C14H13F4N3. The average Bonchev–Trinajstić information content (AvgIpc) is 2.45. The maximum Gasteiger partial charge on any atom is 0.416 e. The summed E-state index contributed by atoms with van der Waals surface area (Å²) in [5, 5.41) is 0. The van der Waals surface area contributed by atoms with Gasteiger partial charge in [0.1, 0.15) is 5.82 Å². The van der Waals surface area contributed by atoms with Crippen molar-refractivity contribution in [3.63, 3.8) is 0 Å². The number of hydrogen-bond acceptors (Lipinski definition) is 3. The first-order chi connectivity index (χ1) is 9.91. The van der Waals surface area contributed by atoms with Gasteiger partial charge in [-0.05, 0) is 42.3 Å². The zero-order chi connectivity index (χ0) is 15.5. The van der Waals surface area contributed by atoms with Gasteiger partial charge in [0.05, 0.1) is 11.6 Å². The van der Waals surface area contributed by atoms with E-state index in [4.69, 9.17) is 5.84 Å². The number of hydrogen-bond donors (Lipinski definition) is 2. The van der Waals surface area contributed by atoms with Gasteiger partial charge in [0.25, 0.3) is 0 Å². The number of halogens is 4. The normalized spacial score (nSPS) is 13.2. The van der Waals surface area contributed by atoms with E-state index in [0.717, 1.165) is 17.7 Å². The summed E-state index contributed by atoms with van der Waals surface area (Å²) in [4.78, 5) is 3.84. The van der Waals surface area contributed by atoms with Crippen LogP contribution in [-0.2, 0) is 12.6 Å². The van der Waals surface area contributed by atoms with Gasteiger partial charge in [0.2, 0.25) is 0 Å². The largest absolute Gasteiger partial charge is 0.416 e. The fourth-order valence-corrected chi connectivity index (χ4v) is 2.00. The van der Waals surface area contributed by atoms with Gasteiger partial charge in [-0.2, -0.15) is 13.2 Å². The highest BCUT2D eigenvalue weighted by Gasteiger charge is 2.32. The summed E-state index contributed by atoms with van der Waals surface area (Å²) >= 11 is 0. The van der Waals surface area contributed by atoms with Crippen LogP contribution in [0.5, 0.6) is 0 Å². The minimum absolute atomic E-state index is 0.121. The summed E-state index contributed by atoms with van der Waals surface area (Å²) in [5.41, 5.74) is 2.11. The Labute approximate surface area is 118 Å². The lowest BCUT2D eigenvalue weighted by Gasteiger charge is -2.18. The second-order valence-electron chi connectivity index (χ2n) is 4.51. The smallest absolute Gasteiger partial charge is 0.271 e. The standard InChI is InChI=1S/C14H13F4N3/c15-12-2-1-10(14(16,17)18)8-11(12)13(21-19)7-9-3-5-20-6-4-9/h1-6,8,13,21H,7,19H2. The van der Waals surface area contributed by atoms with E-state index in [-0.39, 0.29) is 12.0 Å². The molecule has 0 saturated heterocycles. The van der Waals surface area contributed by atoms with Gasteiger partial charge >= 0.3 is 6.18 Å². The van der Waals surface area contributed by atoms with E-state index < -0.39 is 23.6 Å². The lowest BCUT2D eigenvalue weighted by atomic mass is 9.97. The Morgan fingerprint density at radius 1 is 1.14 bits per heavy atom. The van der Waals surface area contributed by atoms with E-state index in [1.54, 1.807) is 24.5 Å². The van der Waals surface area contributed by atoms with E-state index in [9.17, 15) is 17.6 Å². The third kappa shape index (κ3) is 3.77. The van der Waals surface area contributed by atoms with Crippen LogP contribution in [0.1, 0.15) is 22.7 Å². The Morgan fingerprint density at radius 3 is 2.38 bits per heavy atom. The van der Waals surface area contributed by atoms with Crippen molar-refractivity contribution >= 4 is 0 Å². The van der Waals surface area contributed by atoms with Crippen molar-refractivity contribution in [3.8, 4) is 0 Å². The van der Waals surface area contributed by atoms with Crippen molar-refractivity contribution < 1.29 is 17.6 Å². The molecule has 2 rings (SSSR count). The van der Waals surface area contributed by atoms with Gasteiger partial charge in [-0.15, -0.1) is 0 Å². The molecule has 0 fully saturated rings. The number of hydrazine groups is 1. The van der Waals surface area contributed by atoms with Gasteiger partial charge in [0, 0.05) is 18.0 Å². The zero-order valence-corrected chi connectivity index (χ0v) is 10.9. The lowest BCUT2D eigenvalue weighted by molar-refractivity contribution is -0.137. The van der Waals surface area contributed by atoms with Crippen molar-refractivity contribution in [2.24, 2.45) is 5.84 Å². The average molecular weight is 299 g/mol. The number of aromatic nitrogens is 1. The molecule has 0 saturated carbocycles. The highest BCUT2D eigenvalue weighted by Crippen LogP contribution is 2.32. The fourth-order valence-electron chi connectivity index (χ4n) is 2.00. The van der Waals surface area contributed by atoms with Crippen LogP contribution in [0.15, 0.2) is 42.7 Å². The first-order valence-corrected chi connectivity index (χ1v) is 6.13. The molecule has 7 heteroatoms. The molecule has 1 aromatic heterocycles. The van der Waals surface area contributed by atoms with Crippen LogP contribution in [-0.4, -0.2) is 4.98 Å². The molecule has 1 atom stereocenters. The van der Waals surface area contributed by atoms with Gasteiger partial charge in [-0.1, -0.05) is 0 Å². The molecule has 0 spiro atoms. The first-order valence-electron chi connectivity index (χ1n) is 6.13. The van der Waals surface area contributed by atoms with Crippen molar-refractivity contribution in [1.29, 1.82) is 0 Å². The van der Waals surface area contributed by atoms with Crippen LogP contribution in [0.2, 0.25) is 0 Å². The Balaban J connectivity index is 2.33. The number of nitrogens with one attached hydrogen (secondary N) is 1. The quantitative estimate of drug-likeness (QED) is 0.518. The number of benzene rings is 1. The fraction of sp³-hybridized carbons (Fsp3) is 0.214. The predicted octanol–water partition coefficient (Wildman–Crippen LogP) is 2.99. The van der Waals surface area contributed by atoms with Crippen LogP contribution < -0.4 is 11.3 Å². The van der Waals surface area contributed by atoms with E-state index in [1.165, 1.54) is 0 Å². The third-order valence-corrected chi connectivity index (χ3v) is 3.09. The molecule has 112 valence electrons. The second kappa shape index (κ2) is 6.19. The summed E-state index contributed by atoms with van der Waals surface area (Å²) < 4.78 is 52.0. The summed E-state index contributed by atoms with van der Waals surface area (Å²) in [6.07, 6.45) is -1.19. The van der Waals surface area contributed by atoms with Crippen molar-refractivity contribution in [2.45, 2.75) is 18.6 Å². The minimum atomic E-state index is -4.53. The molecule has 21 heavy (non-hydrogen) atoms. The maximum absolute atomic E-state index is 13.8. The molecule has 0 aliphatic carbocycles. The SMILES string of the molecule is NNC(Cc1ccncc1)c1cc(C(F)(F)F)ccc1F. The Kier molecular flexibility index (Phi) is 4.54. The van der Waals surface area contributed by atoms with Crippen LogP contribution in [0.3, 0.4) is 0 Å². The van der Waals surface area contributed by atoms with E-state index in [0.29, 0.717) is 6.07 Å². The monoisotopic (exact) mass is 299 g/mol. The molecule has 0 amide bonds. The van der Waals surface area contributed by atoms with E-state index in [1.807, 2.05) is 0 Å². The third-order valence-electron chi connectivity index (χ3n) is 3.09. The molecule has 2 aromatic rings. The Bertz CT molecular complexity index is 599. The predicted molar refractivity (Wildman–Crippen MR) is 69.4 cm³/mol. The summed E-state index contributed by atoms with van der Waals surface area (Å²) in [5.74, 6) is 4.63. The molecule has 3 N–H and O–H groups in total. The van der Waals surface area contributed by atoms with Gasteiger partial charge in [0.15, 0.2) is 0 Å². The highest BCUT2D eigenvalue weighted by molar-refractivity contribution is 5.30. The topological polar surface area (TPSA) is 50.9 Å². The molecule has 1 unspecified atom stereocenters. The molecule has 0 radical (unpaired) electrons. The maximum atomic E-state index is 13.8. The summed E-state index contributed by atoms with van der Waals surface area (Å²) in [7, 11) is 0. The highest BCUT2D eigenvalue weighted by atomic mass is 19.4. The first kappa shape index (κ1) is 15.4. The molecular weight excluding hydrogens is 286 g/mol. The lowest BCUT2D eigenvalue weighted by Crippen LogP contribution is -2.30. The van der Waals surface area contributed by atoms with Crippen molar-refractivity contribution in [3.05, 3.63) is 65.2 Å². The van der Waals surface area contributed by atoms with Crippen molar-refractivity contribution in [2.75, 3.05) is 0 Å². The van der Waals surface area contributed by atoms with Crippen LogP contribution in [0, 0.1) is 5.82 Å².